The molecule has 0 radical (unpaired) electrons. The molecule has 3 nitrogen and oxygen atoms in total. The molecule has 0 N–H and O–H groups in total. The highest BCUT2D eigenvalue weighted by Gasteiger charge is 2.12. The largest absolute Gasteiger partial charge is 0.203 e. The van der Waals surface area contributed by atoms with Gasteiger partial charge in [0.05, 0.1) is 6.07 Å². The molecule has 0 heterocycles. The first-order chi connectivity index (χ1) is 7.36. The van der Waals surface area contributed by atoms with Crippen LogP contribution in [-0.4, -0.2) is 0 Å². The lowest BCUT2D eigenvalue weighted by Gasteiger charge is -2.05. The van der Waals surface area contributed by atoms with Crippen molar-refractivity contribution in [3.8, 4) is 6.07 Å². The zero-order chi connectivity index (χ0) is 10.7. The first-order valence-corrected chi connectivity index (χ1v) is 4.56. The Kier molecular flexibility index (Phi) is 2.42. The predicted octanol–water partition coefficient (Wildman–Crippen LogP) is 3.17. The van der Waals surface area contributed by atoms with Crippen LogP contribution in [0.2, 0.25) is 0 Å². The maximum absolute atomic E-state index is 10.5. The van der Waals surface area contributed by atoms with Crippen molar-refractivity contribution >= 4 is 10.8 Å². The Morgan fingerprint density at radius 1 is 1.13 bits per heavy atom. The van der Waals surface area contributed by atoms with Gasteiger partial charge in [0.2, 0.25) is 6.04 Å². The lowest BCUT2D eigenvalue weighted by atomic mass is 10.00. The van der Waals surface area contributed by atoms with Gasteiger partial charge >= 0.3 is 0 Å². The standard InChI is InChI=1S/C12H8N2O/c13-8-12(14-15)11-7-3-5-9-4-1-2-6-10(9)11/h1-7,12H. The van der Waals surface area contributed by atoms with Crippen molar-refractivity contribution in [1.29, 1.82) is 5.26 Å². The van der Waals surface area contributed by atoms with E-state index in [1.165, 1.54) is 0 Å². The van der Waals surface area contributed by atoms with E-state index >= 15 is 0 Å². The van der Waals surface area contributed by atoms with E-state index in [0.29, 0.717) is 5.56 Å². The van der Waals surface area contributed by atoms with Crippen molar-refractivity contribution in [2.24, 2.45) is 5.18 Å². The maximum Gasteiger partial charge on any atom is 0.203 e. The fraction of sp³-hybridized carbons (Fsp3) is 0.0833. The van der Waals surface area contributed by atoms with Gasteiger partial charge in [-0.05, 0) is 15.9 Å². The fourth-order valence-corrected chi connectivity index (χ4v) is 1.64. The van der Waals surface area contributed by atoms with E-state index in [2.05, 4.69) is 5.18 Å². The second-order valence-corrected chi connectivity index (χ2v) is 3.21. The summed E-state index contributed by atoms with van der Waals surface area (Å²) in [6.45, 7) is 0. The second kappa shape index (κ2) is 3.89. The number of nitriles is 1. The first-order valence-electron chi connectivity index (χ1n) is 4.56. The Morgan fingerprint density at radius 3 is 2.60 bits per heavy atom. The summed E-state index contributed by atoms with van der Waals surface area (Å²) < 4.78 is 0. The highest BCUT2D eigenvalue weighted by molar-refractivity contribution is 5.86. The molecule has 0 spiro atoms. The SMILES string of the molecule is N#CC(N=O)c1cccc2ccccc12. The van der Waals surface area contributed by atoms with Crippen molar-refractivity contribution in [1.82, 2.24) is 0 Å². The van der Waals surface area contributed by atoms with Gasteiger partial charge in [-0.3, -0.25) is 0 Å². The molecule has 0 amide bonds. The van der Waals surface area contributed by atoms with Gasteiger partial charge in [-0.15, -0.1) is 4.91 Å². The molecule has 3 heteroatoms. The third-order valence-electron chi connectivity index (χ3n) is 2.35. The molecule has 15 heavy (non-hydrogen) atoms. The fourth-order valence-electron chi connectivity index (χ4n) is 1.64. The molecular formula is C12H8N2O. The summed E-state index contributed by atoms with van der Waals surface area (Å²) in [5.41, 5.74) is 0.672. The van der Waals surface area contributed by atoms with Crippen LogP contribution in [0.3, 0.4) is 0 Å². The minimum atomic E-state index is -0.920. The van der Waals surface area contributed by atoms with Crippen LogP contribution in [-0.2, 0) is 0 Å². The molecule has 0 saturated carbocycles. The van der Waals surface area contributed by atoms with Crippen molar-refractivity contribution in [2.45, 2.75) is 6.04 Å². The molecule has 0 bridgehead atoms. The van der Waals surface area contributed by atoms with E-state index < -0.39 is 6.04 Å². The van der Waals surface area contributed by atoms with Gasteiger partial charge in [0.15, 0.2) is 0 Å². The zero-order valence-electron chi connectivity index (χ0n) is 7.92. The van der Waals surface area contributed by atoms with Gasteiger partial charge < -0.3 is 0 Å². The second-order valence-electron chi connectivity index (χ2n) is 3.21. The molecule has 0 aliphatic carbocycles. The van der Waals surface area contributed by atoms with Gasteiger partial charge in [0.1, 0.15) is 0 Å². The van der Waals surface area contributed by atoms with E-state index in [0.717, 1.165) is 10.8 Å². The molecule has 1 unspecified atom stereocenters. The summed E-state index contributed by atoms with van der Waals surface area (Å²) in [6.07, 6.45) is 0. The van der Waals surface area contributed by atoms with Crippen LogP contribution in [0.25, 0.3) is 10.8 Å². The van der Waals surface area contributed by atoms with Crippen molar-refractivity contribution in [3.05, 3.63) is 52.9 Å². The lowest BCUT2D eigenvalue weighted by molar-refractivity contribution is 0.926. The van der Waals surface area contributed by atoms with Crippen LogP contribution in [0.4, 0.5) is 0 Å². The topological polar surface area (TPSA) is 53.2 Å². The number of rotatable bonds is 2. The number of benzene rings is 2. The van der Waals surface area contributed by atoms with Gasteiger partial charge in [-0.2, -0.15) is 5.26 Å². The van der Waals surface area contributed by atoms with Crippen molar-refractivity contribution in [2.75, 3.05) is 0 Å². The Morgan fingerprint density at radius 2 is 1.87 bits per heavy atom. The van der Waals surface area contributed by atoms with Crippen LogP contribution < -0.4 is 0 Å². The van der Waals surface area contributed by atoms with E-state index in [4.69, 9.17) is 5.26 Å². The van der Waals surface area contributed by atoms with E-state index in [9.17, 15) is 4.91 Å². The van der Waals surface area contributed by atoms with Crippen LogP contribution >= 0.6 is 0 Å². The molecule has 0 aliphatic heterocycles. The monoisotopic (exact) mass is 196 g/mol. The normalized spacial score (nSPS) is 11.9. The number of hydrogen-bond donors (Lipinski definition) is 0. The van der Waals surface area contributed by atoms with Crippen LogP contribution in [0, 0.1) is 16.2 Å². The molecule has 2 aromatic rings. The van der Waals surface area contributed by atoms with Crippen LogP contribution in [0.15, 0.2) is 47.6 Å². The molecular weight excluding hydrogens is 188 g/mol. The van der Waals surface area contributed by atoms with Gasteiger partial charge in [0, 0.05) is 5.56 Å². The minimum absolute atomic E-state index is 0.672. The minimum Gasteiger partial charge on any atom is -0.195 e. The third kappa shape index (κ3) is 1.57. The third-order valence-corrected chi connectivity index (χ3v) is 2.35. The molecule has 0 aliphatic rings. The van der Waals surface area contributed by atoms with Gasteiger partial charge in [-0.1, -0.05) is 42.5 Å². The maximum atomic E-state index is 10.5. The predicted molar refractivity (Wildman–Crippen MR) is 58.1 cm³/mol. The molecule has 2 rings (SSSR count). The van der Waals surface area contributed by atoms with Crippen molar-refractivity contribution in [3.63, 3.8) is 0 Å². The zero-order valence-corrected chi connectivity index (χ0v) is 7.92. The Hall–Kier alpha value is -2.21. The molecule has 1 atom stereocenters. The lowest BCUT2D eigenvalue weighted by Crippen LogP contribution is -1.91. The van der Waals surface area contributed by atoms with E-state index in [1.54, 1.807) is 6.07 Å². The van der Waals surface area contributed by atoms with Crippen molar-refractivity contribution < 1.29 is 0 Å². The van der Waals surface area contributed by atoms with E-state index in [1.807, 2.05) is 42.5 Å². The summed E-state index contributed by atoms with van der Waals surface area (Å²) in [4.78, 5) is 10.5. The van der Waals surface area contributed by atoms with Crippen LogP contribution in [0.1, 0.15) is 11.6 Å². The first kappa shape index (κ1) is 9.35. The molecule has 0 fully saturated rings. The number of nitroso groups, excluding NO2 is 1. The molecule has 0 aromatic heterocycles. The van der Waals surface area contributed by atoms with Crippen LogP contribution in [0.5, 0.6) is 0 Å². The Bertz CT molecular complexity index is 537. The highest BCUT2D eigenvalue weighted by Crippen LogP contribution is 2.25. The summed E-state index contributed by atoms with van der Waals surface area (Å²) in [6, 6.07) is 14.1. The highest BCUT2D eigenvalue weighted by atomic mass is 16.3. The molecule has 2 aromatic carbocycles. The summed E-state index contributed by atoms with van der Waals surface area (Å²) in [7, 11) is 0. The Labute approximate surface area is 86.9 Å². The quantitative estimate of drug-likeness (QED) is 0.692. The summed E-state index contributed by atoms with van der Waals surface area (Å²) in [5.74, 6) is 0. The average Bonchev–Trinajstić information content (AvgIpc) is 2.31. The number of nitrogens with zero attached hydrogens (tertiary/aromatic N) is 2. The van der Waals surface area contributed by atoms with E-state index in [-0.39, 0.29) is 0 Å². The van der Waals surface area contributed by atoms with Gasteiger partial charge in [-0.25, -0.2) is 0 Å². The van der Waals surface area contributed by atoms with Gasteiger partial charge in [0.25, 0.3) is 0 Å². The smallest absolute Gasteiger partial charge is 0.195 e. The molecule has 0 saturated heterocycles. The average molecular weight is 196 g/mol. The molecule has 72 valence electrons. The summed E-state index contributed by atoms with van der Waals surface area (Å²) >= 11 is 0. The Balaban J connectivity index is 2.71. The number of fused-ring (bicyclic) bond motifs is 1. The number of hydrogen-bond acceptors (Lipinski definition) is 3. The summed E-state index contributed by atoms with van der Waals surface area (Å²) in [5, 5.41) is 13.5.